The van der Waals surface area contributed by atoms with Crippen LogP contribution < -0.4 is 0 Å². The number of hydrogen-bond acceptors (Lipinski definition) is 2. The molecular weight excluding hydrogens is 278 g/mol. The summed E-state index contributed by atoms with van der Waals surface area (Å²) in [7, 11) is 0. The highest BCUT2D eigenvalue weighted by Gasteiger charge is 2.22. The van der Waals surface area contributed by atoms with Gasteiger partial charge in [-0.2, -0.15) is 4.39 Å². The molecule has 0 N–H and O–H groups in total. The van der Waals surface area contributed by atoms with Crippen LogP contribution in [0.3, 0.4) is 0 Å². The van der Waals surface area contributed by atoms with E-state index in [1.165, 1.54) is 0 Å². The zero-order valence-corrected chi connectivity index (χ0v) is 9.87. The van der Waals surface area contributed by atoms with Crippen LogP contribution in [0.1, 0.15) is 11.1 Å². The molecule has 0 fully saturated rings. The number of nitrogens with zero attached hydrogens (tertiary/aromatic N) is 1. The number of nitro benzene ring substituents is 1. The van der Waals surface area contributed by atoms with Crippen molar-refractivity contribution >= 4 is 5.69 Å². The van der Waals surface area contributed by atoms with E-state index in [2.05, 4.69) is 0 Å². The van der Waals surface area contributed by atoms with Gasteiger partial charge in [0.2, 0.25) is 5.82 Å². The van der Waals surface area contributed by atoms with Gasteiger partial charge in [-0.25, -0.2) is 13.2 Å². The Labute approximate surface area is 110 Å². The molecule has 0 aliphatic rings. The lowest BCUT2D eigenvalue weighted by atomic mass is 10.0. The lowest BCUT2D eigenvalue weighted by molar-refractivity contribution is -0.388. The first kappa shape index (κ1) is 14.0. The fourth-order valence-corrected chi connectivity index (χ4v) is 1.89. The van der Waals surface area contributed by atoms with Gasteiger partial charge in [0.25, 0.3) is 0 Å². The second-order valence-corrected chi connectivity index (χ2v) is 4.11. The highest BCUT2D eigenvalue weighted by atomic mass is 19.1. The van der Waals surface area contributed by atoms with Gasteiger partial charge < -0.3 is 0 Å². The molecule has 0 spiro atoms. The van der Waals surface area contributed by atoms with Gasteiger partial charge in [-0.05, 0) is 23.8 Å². The van der Waals surface area contributed by atoms with Crippen molar-refractivity contribution in [3.05, 3.63) is 74.8 Å². The van der Waals surface area contributed by atoms with Gasteiger partial charge in [0.05, 0.1) is 4.92 Å². The number of halogens is 4. The van der Waals surface area contributed by atoms with E-state index in [0.29, 0.717) is 12.1 Å². The molecule has 2 rings (SSSR count). The number of rotatable bonds is 3. The van der Waals surface area contributed by atoms with Crippen molar-refractivity contribution < 1.29 is 22.5 Å². The van der Waals surface area contributed by atoms with Crippen LogP contribution >= 0.6 is 0 Å². The molecule has 0 saturated heterocycles. The van der Waals surface area contributed by atoms with Crippen LogP contribution in [0.2, 0.25) is 0 Å². The SMILES string of the molecule is O=[N+]([O-])c1c(F)cc(F)cc1Cc1cc(F)cc(F)c1. The predicted octanol–water partition coefficient (Wildman–Crippen LogP) is 3.74. The first-order valence-corrected chi connectivity index (χ1v) is 5.44. The molecule has 0 aromatic heterocycles. The number of benzene rings is 2. The predicted molar refractivity (Wildman–Crippen MR) is 62.2 cm³/mol. The van der Waals surface area contributed by atoms with Crippen LogP contribution in [0.4, 0.5) is 23.2 Å². The van der Waals surface area contributed by atoms with Crippen LogP contribution in [-0.4, -0.2) is 4.92 Å². The quantitative estimate of drug-likeness (QED) is 0.490. The molecule has 0 bridgehead atoms. The van der Waals surface area contributed by atoms with Crippen LogP contribution in [0.15, 0.2) is 30.3 Å². The molecule has 2 aromatic rings. The Bertz CT molecular complexity index is 668. The van der Waals surface area contributed by atoms with Gasteiger partial charge in [0.15, 0.2) is 0 Å². The zero-order valence-electron chi connectivity index (χ0n) is 9.87. The van der Waals surface area contributed by atoms with E-state index in [1.54, 1.807) is 0 Å². The van der Waals surface area contributed by atoms with E-state index in [0.717, 1.165) is 18.2 Å². The van der Waals surface area contributed by atoms with E-state index in [1.807, 2.05) is 0 Å². The molecule has 0 amide bonds. The van der Waals surface area contributed by atoms with E-state index in [4.69, 9.17) is 0 Å². The summed E-state index contributed by atoms with van der Waals surface area (Å²) in [5.41, 5.74) is -1.16. The van der Waals surface area contributed by atoms with E-state index >= 15 is 0 Å². The molecule has 2 aromatic carbocycles. The van der Waals surface area contributed by atoms with E-state index in [-0.39, 0.29) is 17.5 Å². The van der Waals surface area contributed by atoms with Crippen LogP contribution in [0.5, 0.6) is 0 Å². The maximum absolute atomic E-state index is 13.4. The molecule has 20 heavy (non-hydrogen) atoms. The van der Waals surface area contributed by atoms with Gasteiger partial charge in [-0.15, -0.1) is 0 Å². The minimum atomic E-state index is -1.33. The maximum Gasteiger partial charge on any atom is 0.308 e. The molecule has 0 saturated carbocycles. The summed E-state index contributed by atoms with van der Waals surface area (Å²) >= 11 is 0. The largest absolute Gasteiger partial charge is 0.308 e. The second kappa shape index (κ2) is 5.28. The zero-order chi connectivity index (χ0) is 14.9. The summed E-state index contributed by atoms with van der Waals surface area (Å²) in [6.07, 6.45) is -0.361. The molecular formula is C13H7F4NO2. The van der Waals surface area contributed by atoms with Crippen molar-refractivity contribution in [2.45, 2.75) is 6.42 Å². The molecule has 0 unspecified atom stereocenters. The van der Waals surface area contributed by atoms with Crippen molar-refractivity contribution in [2.24, 2.45) is 0 Å². The Kier molecular flexibility index (Phi) is 3.69. The Morgan fingerprint density at radius 1 is 0.900 bits per heavy atom. The second-order valence-electron chi connectivity index (χ2n) is 4.11. The smallest absolute Gasteiger partial charge is 0.258 e. The molecule has 0 radical (unpaired) electrons. The van der Waals surface area contributed by atoms with Crippen molar-refractivity contribution in [2.75, 3.05) is 0 Å². The van der Waals surface area contributed by atoms with Gasteiger partial charge >= 0.3 is 5.69 Å². The summed E-state index contributed by atoms with van der Waals surface area (Å²) in [5, 5.41) is 10.8. The normalized spacial score (nSPS) is 10.6. The first-order chi connectivity index (χ1) is 9.36. The van der Waals surface area contributed by atoms with E-state index < -0.39 is 33.9 Å². The monoisotopic (exact) mass is 285 g/mol. The van der Waals surface area contributed by atoms with Gasteiger partial charge in [-0.3, -0.25) is 10.1 Å². The fourth-order valence-electron chi connectivity index (χ4n) is 1.89. The van der Waals surface area contributed by atoms with Crippen molar-refractivity contribution in [1.82, 2.24) is 0 Å². The summed E-state index contributed by atoms with van der Waals surface area (Å²) in [4.78, 5) is 9.77. The maximum atomic E-state index is 13.4. The molecule has 0 heterocycles. The standard InChI is InChI=1S/C13H7F4NO2/c14-9-2-7(3-10(15)5-9)1-8-4-11(16)6-12(17)13(8)18(19)20/h2-6H,1H2. The minimum absolute atomic E-state index is 0.0376. The third kappa shape index (κ3) is 2.93. The average Bonchev–Trinajstić information content (AvgIpc) is 2.25. The lowest BCUT2D eigenvalue weighted by Crippen LogP contribution is -2.02. The van der Waals surface area contributed by atoms with Gasteiger partial charge in [-0.1, -0.05) is 0 Å². The molecule has 7 heteroatoms. The highest BCUT2D eigenvalue weighted by molar-refractivity contribution is 5.44. The Balaban J connectivity index is 2.49. The molecule has 0 aliphatic heterocycles. The number of hydrogen-bond donors (Lipinski definition) is 0. The third-order valence-electron chi connectivity index (χ3n) is 2.61. The fraction of sp³-hybridized carbons (Fsp3) is 0.0769. The summed E-state index contributed by atoms with van der Waals surface area (Å²) in [5.74, 6) is -4.08. The van der Waals surface area contributed by atoms with Crippen LogP contribution in [-0.2, 0) is 6.42 Å². The molecule has 0 atom stereocenters. The van der Waals surface area contributed by atoms with Crippen LogP contribution in [0.25, 0.3) is 0 Å². The van der Waals surface area contributed by atoms with Crippen molar-refractivity contribution in [3.8, 4) is 0 Å². The minimum Gasteiger partial charge on any atom is -0.258 e. The lowest BCUT2D eigenvalue weighted by Gasteiger charge is -2.05. The van der Waals surface area contributed by atoms with Gasteiger partial charge in [0, 0.05) is 24.1 Å². The first-order valence-electron chi connectivity index (χ1n) is 5.44. The molecule has 104 valence electrons. The summed E-state index contributed by atoms with van der Waals surface area (Å²) < 4.78 is 52.6. The van der Waals surface area contributed by atoms with Crippen LogP contribution in [0, 0.1) is 33.4 Å². The Hall–Kier alpha value is -2.44. The average molecular weight is 285 g/mol. The molecule has 0 aliphatic carbocycles. The van der Waals surface area contributed by atoms with Crippen molar-refractivity contribution in [1.29, 1.82) is 0 Å². The summed E-state index contributed by atoms with van der Waals surface area (Å²) in [6.45, 7) is 0. The third-order valence-corrected chi connectivity index (χ3v) is 2.61. The van der Waals surface area contributed by atoms with E-state index in [9.17, 15) is 27.7 Å². The molecule has 3 nitrogen and oxygen atoms in total. The van der Waals surface area contributed by atoms with Gasteiger partial charge in [0.1, 0.15) is 17.5 Å². The van der Waals surface area contributed by atoms with Crippen molar-refractivity contribution in [3.63, 3.8) is 0 Å². The Morgan fingerprint density at radius 3 is 2.00 bits per heavy atom. The topological polar surface area (TPSA) is 43.1 Å². The Morgan fingerprint density at radius 2 is 1.45 bits per heavy atom. The summed E-state index contributed by atoms with van der Waals surface area (Å²) in [6, 6.07) is 3.66. The highest BCUT2D eigenvalue weighted by Crippen LogP contribution is 2.26. The number of nitro groups is 1.